The highest BCUT2D eigenvalue weighted by Crippen LogP contribution is 2.14. The first-order chi connectivity index (χ1) is 8.02. The predicted octanol–water partition coefficient (Wildman–Crippen LogP) is 2.67. The summed E-state index contributed by atoms with van der Waals surface area (Å²) in [5.41, 5.74) is 1.58. The molecule has 0 aliphatic carbocycles. The number of nitrogens with zero attached hydrogens (tertiary/aromatic N) is 1. The molecule has 0 saturated heterocycles. The number of amides is 1. The number of rotatable bonds is 4. The molecule has 0 aromatic heterocycles. The van der Waals surface area contributed by atoms with Gasteiger partial charge in [0.2, 0.25) is 11.6 Å². The molecule has 1 aromatic carbocycles. The number of allylic oxidation sites excluding steroid dienone is 1. The zero-order valence-electron chi connectivity index (χ0n) is 9.77. The molecule has 90 valence electrons. The minimum absolute atomic E-state index is 0.146. The fourth-order valence-corrected chi connectivity index (χ4v) is 1.34. The van der Waals surface area contributed by atoms with Crippen molar-refractivity contribution in [2.24, 2.45) is 0 Å². The van der Waals surface area contributed by atoms with E-state index in [4.69, 9.17) is 0 Å². The molecule has 1 N–H and O–H groups in total. The first-order valence-corrected chi connectivity index (χ1v) is 5.25. The lowest BCUT2D eigenvalue weighted by atomic mass is 10.1. The minimum Gasteiger partial charge on any atom is -0.326 e. The van der Waals surface area contributed by atoms with Gasteiger partial charge in [-0.05, 0) is 17.7 Å². The number of carbonyl (C=O) groups excluding carboxylic acids is 1. The number of anilines is 1. The molecule has 0 atom stereocenters. The third-order valence-corrected chi connectivity index (χ3v) is 2.16. The third-order valence-electron chi connectivity index (χ3n) is 2.16. The number of nitrogens with one attached hydrogen (secondary N) is 1. The number of nitro groups is 1. The van der Waals surface area contributed by atoms with Crippen LogP contribution in [0.1, 0.15) is 25.8 Å². The van der Waals surface area contributed by atoms with Crippen LogP contribution in [-0.2, 0) is 4.79 Å². The summed E-state index contributed by atoms with van der Waals surface area (Å²) < 4.78 is 0. The second-order valence-electron chi connectivity index (χ2n) is 3.55. The fraction of sp³-hybridized carbons (Fsp3) is 0.250. The van der Waals surface area contributed by atoms with Gasteiger partial charge in [0.15, 0.2) is 0 Å². The molecule has 0 radical (unpaired) electrons. The predicted molar refractivity (Wildman–Crippen MR) is 66.0 cm³/mol. The van der Waals surface area contributed by atoms with E-state index in [1.54, 1.807) is 31.2 Å². The molecule has 0 saturated carbocycles. The van der Waals surface area contributed by atoms with Gasteiger partial charge in [0.25, 0.3) is 0 Å². The zero-order chi connectivity index (χ0) is 12.8. The Balaban J connectivity index is 2.87. The van der Waals surface area contributed by atoms with Crippen molar-refractivity contribution in [1.82, 2.24) is 0 Å². The lowest BCUT2D eigenvalue weighted by molar-refractivity contribution is -0.425. The average molecular weight is 234 g/mol. The van der Waals surface area contributed by atoms with Gasteiger partial charge in [-0.25, -0.2) is 0 Å². The first-order valence-electron chi connectivity index (χ1n) is 5.25. The van der Waals surface area contributed by atoms with E-state index in [2.05, 4.69) is 5.32 Å². The largest absolute Gasteiger partial charge is 0.326 e. The monoisotopic (exact) mass is 234 g/mol. The SMILES string of the molecule is CCC(=Cc1ccc(NC(C)=O)cc1)[N+](=O)[O-]. The number of hydrogen-bond donors (Lipinski definition) is 1. The molecule has 0 unspecified atom stereocenters. The Morgan fingerprint density at radius 2 is 2.00 bits per heavy atom. The van der Waals surface area contributed by atoms with Gasteiger partial charge >= 0.3 is 0 Å². The van der Waals surface area contributed by atoms with Crippen molar-refractivity contribution in [3.63, 3.8) is 0 Å². The second-order valence-corrected chi connectivity index (χ2v) is 3.55. The summed E-state index contributed by atoms with van der Waals surface area (Å²) in [5.74, 6) is -0.146. The van der Waals surface area contributed by atoms with E-state index in [0.29, 0.717) is 12.1 Å². The number of benzene rings is 1. The van der Waals surface area contributed by atoms with Crippen molar-refractivity contribution >= 4 is 17.7 Å². The van der Waals surface area contributed by atoms with Crippen molar-refractivity contribution in [3.05, 3.63) is 45.6 Å². The molecular formula is C12H14N2O3. The van der Waals surface area contributed by atoms with Crippen molar-refractivity contribution < 1.29 is 9.72 Å². The smallest absolute Gasteiger partial charge is 0.246 e. The summed E-state index contributed by atoms with van der Waals surface area (Å²) in [6, 6.07) is 6.87. The summed E-state index contributed by atoms with van der Waals surface area (Å²) in [4.78, 5) is 21.0. The summed E-state index contributed by atoms with van der Waals surface area (Å²) >= 11 is 0. The average Bonchev–Trinajstić information content (AvgIpc) is 2.26. The minimum atomic E-state index is -0.387. The van der Waals surface area contributed by atoms with Crippen molar-refractivity contribution in [3.8, 4) is 0 Å². The van der Waals surface area contributed by atoms with Crippen LogP contribution in [0.15, 0.2) is 30.0 Å². The molecule has 1 aromatic rings. The third kappa shape index (κ3) is 4.06. The Morgan fingerprint density at radius 3 is 2.41 bits per heavy atom. The molecule has 1 amide bonds. The maximum absolute atomic E-state index is 10.8. The van der Waals surface area contributed by atoms with Crippen LogP contribution in [0, 0.1) is 10.1 Å². The standard InChI is InChI=1S/C12H14N2O3/c1-3-12(14(16)17)8-10-4-6-11(7-5-10)13-9(2)15/h4-8H,3H2,1-2H3,(H,13,15). The maximum atomic E-state index is 10.8. The molecule has 0 heterocycles. The van der Waals surface area contributed by atoms with Crippen LogP contribution in [0.3, 0.4) is 0 Å². The van der Waals surface area contributed by atoms with Crippen LogP contribution in [0.5, 0.6) is 0 Å². The Kier molecular flexibility index (Phi) is 4.39. The molecule has 5 heteroatoms. The van der Waals surface area contributed by atoms with Gasteiger partial charge in [0, 0.05) is 25.1 Å². The van der Waals surface area contributed by atoms with Crippen LogP contribution >= 0.6 is 0 Å². The molecule has 0 bridgehead atoms. The van der Waals surface area contributed by atoms with E-state index >= 15 is 0 Å². The van der Waals surface area contributed by atoms with E-state index in [0.717, 1.165) is 5.56 Å². The molecule has 0 aliphatic heterocycles. The van der Waals surface area contributed by atoms with Gasteiger partial charge in [0.05, 0.1) is 4.92 Å². The van der Waals surface area contributed by atoms with Crippen LogP contribution < -0.4 is 5.32 Å². The quantitative estimate of drug-likeness (QED) is 0.643. The summed E-state index contributed by atoms with van der Waals surface area (Å²) in [6.45, 7) is 3.16. The van der Waals surface area contributed by atoms with Gasteiger partial charge in [-0.1, -0.05) is 19.1 Å². The van der Waals surface area contributed by atoms with Gasteiger partial charge < -0.3 is 5.32 Å². The van der Waals surface area contributed by atoms with Crippen LogP contribution in [0.2, 0.25) is 0 Å². The highest BCUT2D eigenvalue weighted by molar-refractivity contribution is 5.88. The lowest BCUT2D eigenvalue weighted by Crippen LogP contribution is -2.05. The zero-order valence-corrected chi connectivity index (χ0v) is 9.77. The molecular weight excluding hydrogens is 220 g/mol. The van der Waals surface area contributed by atoms with E-state index in [9.17, 15) is 14.9 Å². The Labute approximate surface area is 99.3 Å². The molecule has 0 spiro atoms. The van der Waals surface area contributed by atoms with Gasteiger partial charge in [0.1, 0.15) is 0 Å². The summed E-state index contributed by atoms with van der Waals surface area (Å²) in [6.07, 6.45) is 1.90. The Hall–Kier alpha value is -2.17. The van der Waals surface area contributed by atoms with Crippen molar-refractivity contribution in [2.75, 3.05) is 5.32 Å². The fourth-order valence-electron chi connectivity index (χ4n) is 1.34. The normalized spacial score (nSPS) is 11.1. The van der Waals surface area contributed by atoms with Crippen LogP contribution in [0.4, 0.5) is 5.69 Å². The number of carbonyl (C=O) groups is 1. The molecule has 5 nitrogen and oxygen atoms in total. The molecule has 1 rings (SSSR count). The molecule has 0 aliphatic rings. The van der Waals surface area contributed by atoms with Gasteiger partial charge in [-0.3, -0.25) is 14.9 Å². The van der Waals surface area contributed by atoms with Crippen LogP contribution in [-0.4, -0.2) is 10.8 Å². The first kappa shape index (κ1) is 12.9. The summed E-state index contributed by atoms with van der Waals surface area (Å²) in [7, 11) is 0. The highest BCUT2D eigenvalue weighted by atomic mass is 16.6. The maximum Gasteiger partial charge on any atom is 0.246 e. The van der Waals surface area contributed by atoms with Gasteiger partial charge in [-0.15, -0.1) is 0 Å². The number of hydrogen-bond acceptors (Lipinski definition) is 3. The van der Waals surface area contributed by atoms with Gasteiger partial charge in [-0.2, -0.15) is 0 Å². The molecule has 0 fully saturated rings. The van der Waals surface area contributed by atoms with E-state index < -0.39 is 0 Å². The topological polar surface area (TPSA) is 72.2 Å². The Bertz CT molecular complexity index is 449. The highest BCUT2D eigenvalue weighted by Gasteiger charge is 2.06. The Morgan fingerprint density at radius 1 is 1.41 bits per heavy atom. The van der Waals surface area contributed by atoms with E-state index in [-0.39, 0.29) is 16.5 Å². The van der Waals surface area contributed by atoms with E-state index in [1.807, 2.05) is 0 Å². The summed E-state index contributed by atoms with van der Waals surface area (Å²) in [5, 5.41) is 13.3. The van der Waals surface area contributed by atoms with E-state index in [1.165, 1.54) is 13.0 Å². The lowest BCUT2D eigenvalue weighted by Gasteiger charge is -2.01. The van der Waals surface area contributed by atoms with Crippen molar-refractivity contribution in [2.45, 2.75) is 20.3 Å². The molecule has 17 heavy (non-hydrogen) atoms. The second kappa shape index (κ2) is 5.79. The van der Waals surface area contributed by atoms with Crippen molar-refractivity contribution in [1.29, 1.82) is 0 Å². The van der Waals surface area contributed by atoms with Crippen LogP contribution in [0.25, 0.3) is 6.08 Å².